The third-order valence-electron chi connectivity index (χ3n) is 7.11. The van der Waals surface area contributed by atoms with Crippen LogP contribution in [0.2, 0.25) is 10.0 Å². The first-order valence-corrected chi connectivity index (χ1v) is 12.8. The van der Waals surface area contributed by atoms with Crippen LogP contribution in [-0.4, -0.2) is 45.3 Å². The number of halogens is 3. The Hall–Kier alpha value is -2.94. The molecular formula is C26H25Cl2FN6O. The standard InChI is InChI=1S/C26H25Cl2FN6O/c1-15(23-19(27)11-30-12-20(23)28)36-17-4-5-22-18(9-17)24(34-33-22)16-8-21(29)25(31-10-16)35-13-26(14-35)6-2-3-7-32-26/h4-5,8-12,15,32H,2-3,6-7,13-14H2,1H3,(H,33,34)/t15-/m1/s1. The highest BCUT2D eigenvalue weighted by Gasteiger charge is 2.44. The van der Waals surface area contributed by atoms with E-state index in [1.165, 1.54) is 31.3 Å². The van der Waals surface area contributed by atoms with Crippen LogP contribution >= 0.6 is 23.2 Å². The normalized spacial score (nSPS) is 17.8. The van der Waals surface area contributed by atoms with Crippen molar-refractivity contribution >= 4 is 39.9 Å². The van der Waals surface area contributed by atoms with E-state index in [1.54, 1.807) is 6.20 Å². The summed E-state index contributed by atoms with van der Waals surface area (Å²) >= 11 is 12.6. The zero-order valence-electron chi connectivity index (χ0n) is 19.7. The maximum Gasteiger partial charge on any atom is 0.166 e. The van der Waals surface area contributed by atoms with E-state index in [0.29, 0.717) is 38.4 Å². The number of hydrogen-bond donors (Lipinski definition) is 2. The molecule has 2 saturated heterocycles. The van der Waals surface area contributed by atoms with E-state index in [9.17, 15) is 0 Å². The molecule has 2 N–H and O–H groups in total. The molecule has 0 radical (unpaired) electrons. The molecule has 0 saturated carbocycles. The maximum atomic E-state index is 15.2. The summed E-state index contributed by atoms with van der Waals surface area (Å²) in [6.45, 7) is 4.47. The van der Waals surface area contributed by atoms with Gasteiger partial charge in [0.1, 0.15) is 17.5 Å². The van der Waals surface area contributed by atoms with E-state index in [-0.39, 0.29) is 11.4 Å². The lowest BCUT2D eigenvalue weighted by atomic mass is 9.82. The first kappa shape index (κ1) is 23.5. The predicted octanol–water partition coefficient (Wildman–Crippen LogP) is 5.94. The number of nitrogens with one attached hydrogen (secondary N) is 2. The molecule has 6 rings (SSSR count). The second-order valence-electron chi connectivity index (χ2n) is 9.61. The van der Waals surface area contributed by atoms with Gasteiger partial charge in [-0.1, -0.05) is 29.6 Å². The van der Waals surface area contributed by atoms with Gasteiger partial charge in [0.05, 0.1) is 21.1 Å². The number of nitrogens with zero attached hydrogens (tertiary/aromatic N) is 4. The number of anilines is 1. The molecule has 2 fully saturated rings. The number of hydrogen-bond acceptors (Lipinski definition) is 6. The van der Waals surface area contributed by atoms with E-state index in [1.807, 2.05) is 30.0 Å². The fourth-order valence-electron chi connectivity index (χ4n) is 5.29. The smallest absolute Gasteiger partial charge is 0.166 e. The summed E-state index contributed by atoms with van der Waals surface area (Å²) in [5, 5.41) is 12.7. The third-order valence-corrected chi connectivity index (χ3v) is 7.71. The summed E-state index contributed by atoms with van der Waals surface area (Å²) in [4.78, 5) is 10.5. The van der Waals surface area contributed by atoms with Crippen LogP contribution in [0.4, 0.5) is 10.2 Å². The van der Waals surface area contributed by atoms with Crippen molar-refractivity contribution in [2.24, 2.45) is 0 Å². The number of fused-ring (bicyclic) bond motifs is 1. The number of ether oxygens (including phenoxy) is 1. The van der Waals surface area contributed by atoms with Crippen LogP contribution in [0.3, 0.4) is 0 Å². The molecule has 0 amide bonds. The van der Waals surface area contributed by atoms with Crippen LogP contribution in [0, 0.1) is 5.82 Å². The summed E-state index contributed by atoms with van der Waals surface area (Å²) in [6.07, 6.45) is 7.91. The molecule has 2 aliphatic rings. The van der Waals surface area contributed by atoms with Gasteiger partial charge in [-0.25, -0.2) is 9.37 Å². The fraction of sp³-hybridized carbons (Fsp3) is 0.346. The van der Waals surface area contributed by atoms with E-state index >= 15 is 4.39 Å². The van der Waals surface area contributed by atoms with Crippen LogP contribution in [0.5, 0.6) is 5.75 Å². The molecule has 36 heavy (non-hydrogen) atoms. The highest BCUT2D eigenvalue weighted by molar-refractivity contribution is 6.35. The molecule has 1 atom stereocenters. The molecule has 1 aromatic carbocycles. The van der Waals surface area contributed by atoms with Crippen molar-refractivity contribution < 1.29 is 9.13 Å². The van der Waals surface area contributed by atoms with Crippen molar-refractivity contribution in [2.45, 2.75) is 37.8 Å². The monoisotopic (exact) mass is 526 g/mol. The minimum Gasteiger partial charge on any atom is -0.486 e. The summed E-state index contributed by atoms with van der Waals surface area (Å²) in [5.41, 5.74) is 2.79. The lowest BCUT2D eigenvalue weighted by molar-refractivity contribution is 0.200. The Labute approximate surface area is 218 Å². The minimum absolute atomic E-state index is 0.113. The number of benzene rings is 1. The van der Waals surface area contributed by atoms with Crippen LogP contribution in [0.15, 0.2) is 42.9 Å². The van der Waals surface area contributed by atoms with Crippen molar-refractivity contribution in [3.8, 4) is 17.0 Å². The molecule has 10 heteroatoms. The molecule has 0 bridgehead atoms. The molecule has 7 nitrogen and oxygen atoms in total. The Bertz CT molecular complexity index is 1410. The van der Waals surface area contributed by atoms with Gasteiger partial charge in [0.15, 0.2) is 11.6 Å². The van der Waals surface area contributed by atoms with Gasteiger partial charge < -0.3 is 15.0 Å². The number of aromatic nitrogens is 4. The van der Waals surface area contributed by atoms with Gasteiger partial charge in [0.2, 0.25) is 0 Å². The molecule has 0 unspecified atom stereocenters. The van der Waals surface area contributed by atoms with E-state index in [0.717, 1.165) is 37.0 Å². The number of rotatable bonds is 5. The zero-order valence-corrected chi connectivity index (χ0v) is 21.2. The first-order valence-electron chi connectivity index (χ1n) is 12.0. The molecule has 3 aromatic heterocycles. The van der Waals surface area contributed by atoms with Crippen LogP contribution in [0.1, 0.15) is 37.9 Å². The van der Waals surface area contributed by atoms with E-state index in [2.05, 4.69) is 25.5 Å². The Morgan fingerprint density at radius 3 is 2.64 bits per heavy atom. The Morgan fingerprint density at radius 1 is 1.11 bits per heavy atom. The number of aromatic amines is 1. The van der Waals surface area contributed by atoms with Gasteiger partial charge in [-0.3, -0.25) is 10.1 Å². The summed E-state index contributed by atoms with van der Waals surface area (Å²) in [7, 11) is 0. The molecule has 4 aromatic rings. The number of pyridine rings is 2. The van der Waals surface area contributed by atoms with E-state index < -0.39 is 6.10 Å². The van der Waals surface area contributed by atoms with Gasteiger partial charge in [-0.2, -0.15) is 5.10 Å². The highest BCUT2D eigenvalue weighted by atomic mass is 35.5. The molecule has 0 aliphatic carbocycles. The minimum atomic E-state index is -0.405. The van der Waals surface area contributed by atoms with E-state index in [4.69, 9.17) is 27.9 Å². The first-order chi connectivity index (χ1) is 17.4. The van der Waals surface area contributed by atoms with Gasteiger partial charge in [0.25, 0.3) is 0 Å². The molecule has 186 valence electrons. The number of H-pyrrole nitrogens is 1. The third kappa shape index (κ3) is 4.17. The van der Waals surface area contributed by atoms with Gasteiger partial charge >= 0.3 is 0 Å². The summed E-state index contributed by atoms with van der Waals surface area (Å²) in [5.74, 6) is 0.648. The number of piperidine rings is 1. The average molecular weight is 527 g/mol. The predicted molar refractivity (Wildman–Crippen MR) is 139 cm³/mol. The molecule has 2 aliphatic heterocycles. The van der Waals surface area contributed by atoms with Gasteiger partial charge in [0, 0.05) is 48.2 Å². The highest BCUT2D eigenvalue weighted by Crippen LogP contribution is 2.37. The Balaban J connectivity index is 1.24. The molecule has 5 heterocycles. The van der Waals surface area contributed by atoms with Gasteiger partial charge in [-0.05, 0) is 50.6 Å². The van der Waals surface area contributed by atoms with Crippen molar-refractivity contribution in [3.05, 3.63) is 64.3 Å². The largest absolute Gasteiger partial charge is 0.486 e. The average Bonchev–Trinajstić information content (AvgIpc) is 3.26. The zero-order chi connectivity index (χ0) is 24.9. The molecule has 1 spiro atoms. The summed E-state index contributed by atoms with van der Waals surface area (Å²) < 4.78 is 21.3. The fourth-order valence-corrected chi connectivity index (χ4v) is 5.96. The lowest BCUT2D eigenvalue weighted by Gasteiger charge is -2.53. The van der Waals surface area contributed by atoms with Gasteiger partial charge in [-0.15, -0.1) is 0 Å². The van der Waals surface area contributed by atoms with Crippen molar-refractivity contribution in [1.29, 1.82) is 0 Å². The maximum absolute atomic E-state index is 15.2. The molecular weight excluding hydrogens is 502 g/mol. The topological polar surface area (TPSA) is 79.0 Å². The SMILES string of the molecule is C[C@@H](Oc1ccc2[nH]nc(-c3cnc(N4CC5(CCCCN5)C4)c(F)c3)c2c1)c1c(Cl)cncc1Cl. The van der Waals surface area contributed by atoms with Crippen LogP contribution in [0.25, 0.3) is 22.2 Å². The summed E-state index contributed by atoms with van der Waals surface area (Å²) in [6, 6.07) is 7.08. The van der Waals surface area contributed by atoms with Crippen LogP contribution < -0.4 is 15.0 Å². The lowest BCUT2D eigenvalue weighted by Crippen LogP contribution is -2.71. The van der Waals surface area contributed by atoms with Crippen molar-refractivity contribution in [3.63, 3.8) is 0 Å². The van der Waals surface area contributed by atoms with Crippen molar-refractivity contribution in [1.82, 2.24) is 25.5 Å². The van der Waals surface area contributed by atoms with Crippen LogP contribution in [-0.2, 0) is 0 Å². The Kier molecular flexibility index (Phi) is 5.98. The Morgan fingerprint density at radius 2 is 1.92 bits per heavy atom. The van der Waals surface area contributed by atoms with Crippen molar-refractivity contribution in [2.75, 3.05) is 24.5 Å². The second-order valence-corrected chi connectivity index (χ2v) is 10.4. The second kappa shape index (κ2) is 9.18. The quantitative estimate of drug-likeness (QED) is 0.335.